The molecule has 0 saturated carbocycles. The van der Waals surface area contributed by atoms with E-state index in [1.165, 1.54) is 0 Å². The predicted octanol–water partition coefficient (Wildman–Crippen LogP) is 5.59. The van der Waals surface area contributed by atoms with Gasteiger partial charge in [-0.3, -0.25) is 4.79 Å². The number of benzene rings is 2. The monoisotopic (exact) mass is 436 g/mol. The van der Waals surface area contributed by atoms with Crippen molar-refractivity contribution in [3.8, 4) is 22.8 Å². The smallest absolute Gasteiger partial charge is 0.221 e. The van der Waals surface area contributed by atoms with Crippen molar-refractivity contribution < 1.29 is 18.7 Å². The SMILES string of the molecule is CCOc1ccc(C(NC(=O)CCc2ncc(-c3ccccc3)o2)C(C)C)cc1OCC. The van der Waals surface area contributed by atoms with Gasteiger partial charge in [0.2, 0.25) is 5.91 Å². The highest BCUT2D eigenvalue weighted by atomic mass is 16.5. The number of aromatic nitrogens is 1. The minimum atomic E-state index is -0.137. The van der Waals surface area contributed by atoms with E-state index in [4.69, 9.17) is 13.9 Å². The van der Waals surface area contributed by atoms with Gasteiger partial charge < -0.3 is 19.2 Å². The van der Waals surface area contributed by atoms with Crippen LogP contribution < -0.4 is 14.8 Å². The maximum Gasteiger partial charge on any atom is 0.221 e. The quantitative estimate of drug-likeness (QED) is 0.424. The van der Waals surface area contributed by atoms with Gasteiger partial charge in [0.05, 0.1) is 25.5 Å². The Hall–Kier alpha value is -3.28. The third-order valence-corrected chi connectivity index (χ3v) is 5.09. The molecule has 32 heavy (non-hydrogen) atoms. The molecule has 1 amide bonds. The van der Waals surface area contributed by atoms with E-state index in [-0.39, 0.29) is 17.9 Å². The van der Waals surface area contributed by atoms with Crippen molar-refractivity contribution >= 4 is 5.91 Å². The van der Waals surface area contributed by atoms with Gasteiger partial charge in [-0.25, -0.2) is 4.98 Å². The zero-order chi connectivity index (χ0) is 22.9. The lowest BCUT2D eigenvalue weighted by Crippen LogP contribution is -2.32. The third-order valence-electron chi connectivity index (χ3n) is 5.09. The Kier molecular flexibility index (Phi) is 8.31. The Balaban J connectivity index is 1.64. The number of amides is 1. The van der Waals surface area contributed by atoms with Crippen LogP contribution in [0.5, 0.6) is 11.5 Å². The molecule has 0 bridgehead atoms. The van der Waals surface area contributed by atoms with Crippen LogP contribution in [0.2, 0.25) is 0 Å². The molecule has 0 fully saturated rings. The van der Waals surface area contributed by atoms with Crippen molar-refractivity contribution in [2.45, 2.75) is 46.6 Å². The van der Waals surface area contributed by atoms with Crippen molar-refractivity contribution in [3.63, 3.8) is 0 Å². The molecule has 170 valence electrons. The van der Waals surface area contributed by atoms with Crippen molar-refractivity contribution in [1.82, 2.24) is 10.3 Å². The Labute approximate surface area is 190 Å². The average molecular weight is 437 g/mol. The number of carbonyl (C=O) groups is 1. The normalized spacial score (nSPS) is 11.9. The summed E-state index contributed by atoms with van der Waals surface area (Å²) in [6.45, 7) is 9.16. The zero-order valence-electron chi connectivity index (χ0n) is 19.3. The van der Waals surface area contributed by atoms with Crippen LogP contribution in [0.25, 0.3) is 11.3 Å². The molecule has 0 radical (unpaired) electrons. The number of hydrogen-bond donors (Lipinski definition) is 1. The molecule has 3 aromatic rings. The Morgan fingerprint density at radius 2 is 1.75 bits per heavy atom. The highest BCUT2D eigenvalue weighted by molar-refractivity contribution is 5.76. The maximum atomic E-state index is 12.7. The summed E-state index contributed by atoms with van der Waals surface area (Å²) in [5.74, 6) is 2.83. The van der Waals surface area contributed by atoms with E-state index >= 15 is 0 Å². The molecule has 0 aliphatic heterocycles. The van der Waals surface area contributed by atoms with Gasteiger partial charge in [0.1, 0.15) is 0 Å². The molecular weight excluding hydrogens is 404 g/mol. The molecular formula is C26H32N2O4. The van der Waals surface area contributed by atoms with Crippen LogP contribution >= 0.6 is 0 Å². The second kappa shape index (κ2) is 11.4. The summed E-state index contributed by atoms with van der Waals surface area (Å²) in [5, 5.41) is 3.16. The van der Waals surface area contributed by atoms with Gasteiger partial charge >= 0.3 is 0 Å². The molecule has 2 aromatic carbocycles. The van der Waals surface area contributed by atoms with Crippen LogP contribution in [0.15, 0.2) is 59.1 Å². The van der Waals surface area contributed by atoms with Crippen LogP contribution in [0.3, 0.4) is 0 Å². The predicted molar refractivity (Wildman–Crippen MR) is 125 cm³/mol. The van der Waals surface area contributed by atoms with E-state index in [1.807, 2.05) is 62.4 Å². The summed E-state index contributed by atoms with van der Waals surface area (Å²) < 4.78 is 17.2. The number of ether oxygens (including phenoxy) is 2. The lowest BCUT2D eigenvalue weighted by Gasteiger charge is -2.24. The Bertz CT molecular complexity index is 998. The van der Waals surface area contributed by atoms with E-state index in [2.05, 4.69) is 24.1 Å². The van der Waals surface area contributed by atoms with Crippen molar-refractivity contribution in [2.75, 3.05) is 13.2 Å². The first-order valence-corrected chi connectivity index (χ1v) is 11.2. The molecule has 1 N–H and O–H groups in total. The fourth-order valence-corrected chi connectivity index (χ4v) is 3.52. The number of carbonyl (C=O) groups excluding carboxylic acids is 1. The topological polar surface area (TPSA) is 73.6 Å². The number of nitrogens with one attached hydrogen (secondary N) is 1. The molecule has 1 atom stereocenters. The second-order valence-electron chi connectivity index (χ2n) is 7.85. The van der Waals surface area contributed by atoms with Crippen LogP contribution in [0, 0.1) is 5.92 Å². The molecule has 3 rings (SSSR count). The third kappa shape index (κ3) is 6.13. The summed E-state index contributed by atoms with van der Waals surface area (Å²) in [4.78, 5) is 17.0. The van der Waals surface area contributed by atoms with Crippen LogP contribution in [-0.2, 0) is 11.2 Å². The number of rotatable bonds is 11. The minimum absolute atomic E-state index is 0.0463. The molecule has 1 unspecified atom stereocenters. The Morgan fingerprint density at radius 1 is 1.03 bits per heavy atom. The van der Waals surface area contributed by atoms with Crippen LogP contribution in [0.4, 0.5) is 0 Å². The summed E-state index contributed by atoms with van der Waals surface area (Å²) in [6.07, 6.45) is 2.44. The van der Waals surface area contributed by atoms with Crippen molar-refractivity contribution in [1.29, 1.82) is 0 Å². The van der Waals surface area contributed by atoms with Crippen molar-refractivity contribution in [3.05, 3.63) is 66.2 Å². The highest BCUT2D eigenvalue weighted by Crippen LogP contribution is 2.33. The molecule has 1 aromatic heterocycles. The van der Waals surface area contributed by atoms with Gasteiger partial charge in [-0.05, 0) is 37.5 Å². The molecule has 0 aliphatic rings. The average Bonchev–Trinajstić information content (AvgIpc) is 3.27. The molecule has 0 spiro atoms. The van der Waals surface area contributed by atoms with E-state index < -0.39 is 0 Å². The van der Waals surface area contributed by atoms with Crippen LogP contribution in [-0.4, -0.2) is 24.1 Å². The molecule has 0 saturated heterocycles. The summed E-state index contributed by atoms with van der Waals surface area (Å²) in [7, 11) is 0. The first-order chi connectivity index (χ1) is 15.5. The fraction of sp³-hybridized carbons (Fsp3) is 0.385. The second-order valence-corrected chi connectivity index (χ2v) is 7.85. The number of oxazole rings is 1. The molecule has 1 heterocycles. The summed E-state index contributed by atoms with van der Waals surface area (Å²) in [6, 6.07) is 15.5. The molecule has 6 heteroatoms. The first-order valence-electron chi connectivity index (χ1n) is 11.2. The standard InChI is InChI=1S/C26H32N2O4/c1-5-30-21-13-12-20(16-22(21)31-6-2)26(18(3)4)28-24(29)14-15-25-27-17-23(32-25)19-10-8-7-9-11-19/h7-13,16-18,26H,5-6,14-15H2,1-4H3,(H,28,29). The van der Waals surface area contributed by atoms with E-state index in [0.29, 0.717) is 49.2 Å². The number of nitrogens with zero attached hydrogens (tertiary/aromatic N) is 1. The number of hydrogen-bond acceptors (Lipinski definition) is 5. The Morgan fingerprint density at radius 3 is 2.44 bits per heavy atom. The van der Waals surface area contributed by atoms with Crippen molar-refractivity contribution in [2.24, 2.45) is 5.92 Å². The number of aryl methyl sites for hydroxylation is 1. The van der Waals surface area contributed by atoms with Gasteiger partial charge in [-0.15, -0.1) is 0 Å². The van der Waals surface area contributed by atoms with Gasteiger partial charge in [0.15, 0.2) is 23.1 Å². The largest absolute Gasteiger partial charge is 0.490 e. The van der Waals surface area contributed by atoms with Gasteiger partial charge in [0.25, 0.3) is 0 Å². The lowest BCUT2D eigenvalue weighted by molar-refractivity contribution is -0.122. The van der Waals surface area contributed by atoms with Crippen LogP contribution in [0.1, 0.15) is 51.6 Å². The minimum Gasteiger partial charge on any atom is -0.490 e. The zero-order valence-corrected chi connectivity index (χ0v) is 19.3. The fourth-order valence-electron chi connectivity index (χ4n) is 3.52. The maximum absolute atomic E-state index is 12.7. The summed E-state index contributed by atoms with van der Waals surface area (Å²) in [5.41, 5.74) is 1.96. The van der Waals surface area contributed by atoms with E-state index in [1.54, 1.807) is 6.20 Å². The first kappa shape index (κ1) is 23.4. The summed E-state index contributed by atoms with van der Waals surface area (Å²) >= 11 is 0. The van der Waals surface area contributed by atoms with Gasteiger partial charge in [0, 0.05) is 18.4 Å². The molecule has 0 aliphatic carbocycles. The van der Waals surface area contributed by atoms with Gasteiger partial charge in [-0.2, -0.15) is 0 Å². The van der Waals surface area contributed by atoms with E-state index in [9.17, 15) is 4.79 Å². The molecule has 6 nitrogen and oxygen atoms in total. The highest BCUT2D eigenvalue weighted by Gasteiger charge is 2.21. The van der Waals surface area contributed by atoms with Gasteiger partial charge in [-0.1, -0.05) is 50.2 Å². The van der Waals surface area contributed by atoms with E-state index in [0.717, 1.165) is 11.1 Å². The lowest BCUT2D eigenvalue weighted by atomic mass is 9.95.